The summed E-state index contributed by atoms with van der Waals surface area (Å²) in [4.78, 5) is 12.2. The molecule has 0 aliphatic carbocycles. The van der Waals surface area contributed by atoms with Crippen molar-refractivity contribution in [2.75, 3.05) is 26.7 Å². The van der Waals surface area contributed by atoms with Gasteiger partial charge in [-0.15, -0.1) is 24.8 Å². The summed E-state index contributed by atoms with van der Waals surface area (Å²) < 4.78 is 12.8. The third kappa shape index (κ3) is 8.07. The Labute approximate surface area is 172 Å². The van der Waals surface area contributed by atoms with Gasteiger partial charge in [-0.3, -0.25) is 9.48 Å². The maximum Gasteiger partial charge on any atom is 0.251 e. The number of ether oxygens (including phenoxy) is 2. The Morgan fingerprint density at radius 3 is 2.59 bits per heavy atom. The summed E-state index contributed by atoms with van der Waals surface area (Å²) in [5.74, 6) is 0.989. The summed E-state index contributed by atoms with van der Waals surface area (Å²) in [5.41, 5.74) is 1.51. The Kier molecular flexibility index (Phi) is 12.3. The maximum absolute atomic E-state index is 12.2. The number of benzene rings is 1. The average molecular weight is 419 g/mol. The molecule has 2 aromatic rings. The highest BCUT2D eigenvalue weighted by molar-refractivity contribution is 5.94. The van der Waals surface area contributed by atoms with Crippen molar-refractivity contribution in [2.24, 2.45) is 7.05 Å². The van der Waals surface area contributed by atoms with Gasteiger partial charge in [-0.1, -0.05) is 6.92 Å². The van der Waals surface area contributed by atoms with Crippen molar-refractivity contribution >= 4 is 30.7 Å². The number of carbonyl (C=O) groups excluding carboxylic acids is 1. The number of aromatic nitrogens is 2. The lowest BCUT2D eigenvalue weighted by molar-refractivity contribution is 0.0953. The van der Waals surface area contributed by atoms with E-state index in [2.05, 4.69) is 22.7 Å². The summed E-state index contributed by atoms with van der Waals surface area (Å²) in [5, 5.41) is 10.2. The molecule has 0 atom stereocenters. The fourth-order valence-corrected chi connectivity index (χ4v) is 2.30. The highest BCUT2D eigenvalue weighted by atomic mass is 35.5. The number of amides is 1. The molecule has 0 spiro atoms. The van der Waals surface area contributed by atoms with E-state index in [0.29, 0.717) is 30.2 Å². The standard InChI is InChI=1S/C18H26N4O3.2ClH/c1-4-7-19-8-9-20-18(23)15-5-6-16(17(10-15)24-3)25-13-14-11-21-22(2)12-14;;/h5-6,10-12,19H,4,7-9,13H2,1-3H3,(H,20,23);2*1H. The fourth-order valence-electron chi connectivity index (χ4n) is 2.30. The van der Waals surface area contributed by atoms with Gasteiger partial charge in [-0.2, -0.15) is 5.10 Å². The zero-order valence-electron chi connectivity index (χ0n) is 15.9. The van der Waals surface area contributed by atoms with Gasteiger partial charge in [0.1, 0.15) is 6.61 Å². The molecule has 9 heteroatoms. The second-order valence-corrected chi connectivity index (χ2v) is 5.68. The normalized spacial score (nSPS) is 9.74. The Bertz CT molecular complexity index is 695. The number of methoxy groups -OCH3 is 1. The van der Waals surface area contributed by atoms with Crippen LogP contribution in [0.25, 0.3) is 0 Å². The first-order valence-corrected chi connectivity index (χ1v) is 8.41. The molecule has 0 aliphatic rings. The SMILES string of the molecule is CCCNCCNC(=O)c1ccc(OCc2cnn(C)c2)c(OC)c1.Cl.Cl. The minimum absolute atomic E-state index is 0. The minimum Gasteiger partial charge on any atom is -0.493 e. The van der Waals surface area contributed by atoms with Crippen molar-refractivity contribution < 1.29 is 14.3 Å². The largest absolute Gasteiger partial charge is 0.493 e. The van der Waals surface area contributed by atoms with Crippen molar-refractivity contribution in [3.05, 3.63) is 41.7 Å². The van der Waals surface area contributed by atoms with E-state index in [1.54, 1.807) is 36.2 Å². The number of hydrogen-bond acceptors (Lipinski definition) is 5. The minimum atomic E-state index is -0.129. The number of aryl methyl sites for hydroxylation is 1. The number of hydrogen-bond donors (Lipinski definition) is 2. The van der Waals surface area contributed by atoms with E-state index in [4.69, 9.17) is 9.47 Å². The Morgan fingerprint density at radius 1 is 1.19 bits per heavy atom. The van der Waals surface area contributed by atoms with Gasteiger partial charge in [-0.25, -0.2) is 0 Å². The van der Waals surface area contributed by atoms with Gasteiger partial charge in [0.25, 0.3) is 5.91 Å². The molecule has 0 bridgehead atoms. The van der Waals surface area contributed by atoms with E-state index in [9.17, 15) is 4.79 Å². The van der Waals surface area contributed by atoms with Crippen LogP contribution < -0.4 is 20.1 Å². The molecule has 27 heavy (non-hydrogen) atoms. The lowest BCUT2D eigenvalue weighted by Crippen LogP contribution is -2.32. The molecule has 0 fully saturated rings. The smallest absolute Gasteiger partial charge is 0.251 e. The molecule has 0 saturated heterocycles. The molecule has 0 radical (unpaired) electrons. The zero-order chi connectivity index (χ0) is 18.1. The molecular formula is C18H28Cl2N4O3. The summed E-state index contributed by atoms with van der Waals surface area (Å²) in [7, 11) is 3.41. The van der Waals surface area contributed by atoms with Crippen LogP contribution in [0.15, 0.2) is 30.6 Å². The van der Waals surface area contributed by atoms with E-state index in [0.717, 1.165) is 25.1 Å². The molecule has 152 valence electrons. The van der Waals surface area contributed by atoms with Crippen LogP contribution >= 0.6 is 24.8 Å². The zero-order valence-corrected chi connectivity index (χ0v) is 17.5. The topological polar surface area (TPSA) is 77.4 Å². The number of nitrogens with one attached hydrogen (secondary N) is 2. The van der Waals surface area contributed by atoms with Crippen molar-refractivity contribution in [2.45, 2.75) is 20.0 Å². The highest BCUT2D eigenvalue weighted by Gasteiger charge is 2.11. The first-order valence-electron chi connectivity index (χ1n) is 8.41. The first-order chi connectivity index (χ1) is 12.1. The molecule has 0 unspecified atom stereocenters. The lowest BCUT2D eigenvalue weighted by Gasteiger charge is -2.12. The predicted octanol–water partition coefficient (Wildman–Crippen LogP) is 2.58. The van der Waals surface area contributed by atoms with Gasteiger partial charge in [0.05, 0.1) is 13.3 Å². The summed E-state index contributed by atoms with van der Waals surface area (Å²) >= 11 is 0. The molecule has 7 nitrogen and oxygen atoms in total. The molecule has 0 saturated carbocycles. The third-order valence-corrected chi connectivity index (χ3v) is 3.59. The average Bonchev–Trinajstić information content (AvgIpc) is 3.04. The van der Waals surface area contributed by atoms with E-state index in [1.165, 1.54) is 0 Å². The van der Waals surface area contributed by atoms with Crippen LogP contribution in [-0.2, 0) is 13.7 Å². The third-order valence-electron chi connectivity index (χ3n) is 3.59. The molecule has 2 rings (SSSR count). The number of carbonyl (C=O) groups is 1. The second-order valence-electron chi connectivity index (χ2n) is 5.68. The van der Waals surface area contributed by atoms with E-state index in [-0.39, 0.29) is 30.7 Å². The maximum atomic E-state index is 12.2. The van der Waals surface area contributed by atoms with Gasteiger partial charge in [0, 0.05) is 37.5 Å². The molecule has 1 aromatic heterocycles. The van der Waals surface area contributed by atoms with Crippen LogP contribution in [0.4, 0.5) is 0 Å². The quantitative estimate of drug-likeness (QED) is 0.579. The first kappa shape index (κ1) is 25.0. The Morgan fingerprint density at radius 2 is 1.96 bits per heavy atom. The molecule has 2 N–H and O–H groups in total. The highest BCUT2D eigenvalue weighted by Crippen LogP contribution is 2.28. The van der Waals surface area contributed by atoms with Crippen LogP contribution in [0.1, 0.15) is 29.3 Å². The van der Waals surface area contributed by atoms with Gasteiger partial charge >= 0.3 is 0 Å². The number of nitrogens with zero attached hydrogens (tertiary/aromatic N) is 2. The predicted molar refractivity (Wildman–Crippen MR) is 111 cm³/mol. The molecule has 1 heterocycles. The molecular weight excluding hydrogens is 391 g/mol. The number of rotatable bonds is 10. The summed E-state index contributed by atoms with van der Waals surface area (Å²) in [6.07, 6.45) is 4.72. The lowest BCUT2D eigenvalue weighted by atomic mass is 10.2. The van der Waals surface area contributed by atoms with Crippen LogP contribution in [0.2, 0.25) is 0 Å². The van der Waals surface area contributed by atoms with Gasteiger partial charge in [0.2, 0.25) is 0 Å². The van der Waals surface area contributed by atoms with E-state index >= 15 is 0 Å². The van der Waals surface area contributed by atoms with Crippen LogP contribution in [0.3, 0.4) is 0 Å². The van der Waals surface area contributed by atoms with Crippen molar-refractivity contribution in [3.63, 3.8) is 0 Å². The monoisotopic (exact) mass is 418 g/mol. The van der Waals surface area contributed by atoms with Gasteiger partial charge in [-0.05, 0) is 31.2 Å². The Balaban J connectivity index is 0.00000338. The van der Waals surface area contributed by atoms with Crippen molar-refractivity contribution in [3.8, 4) is 11.5 Å². The second kappa shape index (κ2) is 13.2. The molecule has 1 amide bonds. The van der Waals surface area contributed by atoms with E-state index < -0.39 is 0 Å². The van der Waals surface area contributed by atoms with E-state index in [1.807, 2.05) is 13.2 Å². The van der Waals surface area contributed by atoms with Crippen molar-refractivity contribution in [1.29, 1.82) is 0 Å². The summed E-state index contributed by atoms with van der Waals surface area (Å²) in [6.45, 7) is 4.78. The number of halogens is 2. The molecule has 1 aromatic carbocycles. The van der Waals surface area contributed by atoms with Crippen LogP contribution in [0.5, 0.6) is 11.5 Å². The van der Waals surface area contributed by atoms with Crippen molar-refractivity contribution in [1.82, 2.24) is 20.4 Å². The van der Waals surface area contributed by atoms with Crippen LogP contribution in [0, 0.1) is 0 Å². The van der Waals surface area contributed by atoms with Crippen LogP contribution in [-0.4, -0.2) is 42.4 Å². The Hall–Kier alpha value is -1.96. The fraction of sp³-hybridized carbons (Fsp3) is 0.444. The molecule has 0 aliphatic heterocycles. The van der Waals surface area contributed by atoms with Gasteiger partial charge in [0.15, 0.2) is 11.5 Å². The summed E-state index contributed by atoms with van der Waals surface area (Å²) in [6, 6.07) is 5.17. The van der Waals surface area contributed by atoms with Gasteiger partial charge < -0.3 is 20.1 Å².